The van der Waals surface area contributed by atoms with Gasteiger partial charge in [0.15, 0.2) is 0 Å². The monoisotopic (exact) mass is 436 g/mol. The average molecular weight is 437 g/mol. The molecule has 6 nitrogen and oxygen atoms in total. The highest BCUT2D eigenvalue weighted by Crippen LogP contribution is 2.31. The van der Waals surface area contributed by atoms with Gasteiger partial charge in [-0.3, -0.25) is 9.59 Å². The lowest BCUT2D eigenvalue weighted by Gasteiger charge is -2.03. The standard InChI is InChI=1S/C13H8BrNO3S.C5H9NO/c1-6-2-9-10(4-8-3-7(14)5-19-8)18-13(17)11(9)12(16)15-6;1-6-4-2-3-5(6)7/h2-5H,1H3,(H,15,16);2-4H2,1H3/b10-4-;. The zero-order valence-electron chi connectivity index (χ0n) is 14.3. The summed E-state index contributed by atoms with van der Waals surface area (Å²) in [4.78, 5) is 39.3. The number of rotatable bonds is 1. The number of nitrogens with zero attached hydrogens (tertiary/aromatic N) is 1. The predicted octanol–water partition coefficient (Wildman–Crippen LogP) is 3.41. The molecule has 0 aliphatic carbocycles. The van der Waals surface area contributed by atoms with Crippen molar-refractivity contribution in [1.82, 2.24) is 9.88 Å². The van der Waals surface area contributed by atoms with Gasteiger partial charge in [-0.05, 0) is 47.5 Å². The lowest BCUT2D eigenvalue weighted by Crippen LogP contribution is -2.17. The van der Waals surface area contributed by atoms with E-state index in [1.807, 2.05) is 18.5 Å². The molecule has 0 bridgehead atoms. The van der Waals surface area contributed by atoms with Crippen molar-refractivity contribution in [2.24, 2.45) is 0 Å². The van der Waals surface area contributed by atoms with Gasteiger partial charge < -0.3 is 14.6 Å². The fourth-order valence-electron chi connectivity index (χ4n) is 2.71. The molecule has 4 rings (SSSR count). The van der Waals surface area contributed by atoms with Crippen molar-refractivity contribution in [1.29, 1.82) is 0 Å². The van der Waals surface area contributed by atoms with Crippen molar-refractivity contribution >= 4 is 51.0 Å². The zero-order valence-corrected chi connectivity index (χ0v) is 16.7. The molecule has 0 unspecified atom stereocenters. The van der Waals surface area contributed by atoms with Gasteiger partial charge in [-0.15, -0.1) is 11.3 Å². The number of hydrogen-bond donors (Lipinski definition) is 1. The number of hydrogen-bond acceptors (Lipinski definition) is 5. The summed E-state index contributed by atoms with van der Waals surface area (Å²) in [5.41, 5.74) is 0.916. The minimum absolute atomic E-state index is 0.0764. The molecule has 0 aromatic carbocycles. The Morgan fingerprint density at radius 3 is 2.62 bits per heavy atom. The first-order chi connectivity index (χ1) is 12.3. The molecule has 8 heteroatoms. The molecule has 2 aliphatic rings. The topological polar surface area (TPSA) is 79.5 Å². The highest BCUT2D eigenvalue weighted by atomic mass is 79.9. The molecule has 0 saturated carbocycles. The molecule has 4 heterocycles. The van der Waals surface area contributed by atoms with E-state index in [1.54, 1.807) is 24.0 Å². The fourth-order valence-corrected chi connectivity index (χ4v) is 4.08. The number of carbonyl (C=O) groups is 2. The van der Waals surface area contributed by atoms with Crippen LogP contribution in [0.15, 0.2) is 26.8 Å². The number of aryl methyl sites for hydroxylation is 1. The van der Waals surface area contributed by atoms with Crippen LogP contribution in [0, 0.1) is 6.92 Å². The second-order valence-corrected chi connectivity index (χ2v) is 7.91. The van der Waals surface area contributed by atoms with E-state index in [0.29, 0.717) is 22.9 Å². The molecule has 0 radical (unpaired) electrons. The van der Waals surface area contributed by atoms with Gasteiger partial charge in [0.05, 0.1) is 0 Å². The van der Waals surface area contributed by atoms with E-state index in [1.165, 1.54) is 11.3 Å². The van der Waals surface area contributed by atoms with Crippen molar-refractivity contribution in [2.45, 2.75) is 19.8 Å². The minimum atomic E-state index is -0.599. The maximum atomic E-state index is 11.8. The number of thiophene rings is 1. The number of pyridine rings is 1. The summed E-state index contributed by atoms with van der Waals surface area (Å²) in [5, 5.41) is 1.94. The smallest absolute Gasteiger partial charge is 0.349 e. The first kappa shape index (κ1) is 18.6. The summed E-state index contributed by atoms with van der Waals surface area (Å²) < 4.78 is 6.14. The van der Waals surface area contributed by atoms with Crippen LogP contribution < -0.4 is 5.56 Å². The Hall–Kier alpha value is -2.19. The van der Waals surface area contributed by atoms with Crippen LogP contribution in [0.5, 0.6) is 0 Å². The number of H-pyrrole nitrogens is 1. The average Bonchev–Trinajstić information content (AvgIpc) is 3.22. The van der Waals surface area contributed by atoms with E-state index in [4.69, 9.17) is 4.74 Å². The van der Waals surface area contributed by atoms with Crippen molar-refractivity contribution in [3.05, 3.63) is 54.0 Å². The van der Waals surface area contributed by atoms with E-state index >= 15 is 0 Å². The van der Waals surface area contributed by atoms with Crippen LogP contribution >= 0.6 is 27.3 Å². The lowest BCUT2D eigenvalue weighted by atomic mass is 10.1. The van der Waals surface area contributed by atoms with Crippen molar-refractivity contribution in [3.63, 3.8) is 0 Å². The second-order valence-electron chi connectivity index (χ2n) is 6.05. The zero-order chi connectivity index (χ0) is 18.8. The Morgan fingerprint density at radius 2 is 2.08 bits per heavy atom. The number of fused-ring (bicyclic) bond motifs is 1. The van der Waals surface area contributed by atoms with Crippen LogP contribution in [0.1, 0.15) is 39.3 Å². The number of likely N-dealkylation sites (tertiary alicyclic amines) is 1. The number of aromatic amines is 1. The summed E-state index contributed by atoms with van der Waals surface area (Å²) >= 11 is 4.89. The van der Waals surface area contributed by atoms with Crippen molar-refractivity contribution in [2.75, 3.05) is 13.6 Å². The quantitative estimate of drug-likeness (QED) is 0.694. The molecule has 1 fully saturated rings. The first-order valence-electron chi connectivity index (χ1n) is 8.01. The third-order valence-corrected chi connectivity index (χ3v) is 5.65. The minimum Gasteiger partial charge on any atom is -0.422 e. The number of aromatic nitrogens is 1. The van der Waals surface area contributed by atoms with E-state index < -0.39 is 11.5 Å². The molecule has 0 atom stereocenters. The van der Waals surface area contributed by atoms with Crippen LogP contribution in [-0.4, -0.2) is 35.4 Å². The second kappa shape index (κ2) is 7.59. The molecular weight excluding hydrogens is 420 g/mol. The molecule has 1 amide bonds. The van der Waals surface area contributed by atoms with Crippen LogP contribution in [0.3, 0.4) is 0 Å². The van der Waals surface area contributed by atoms with Gasteiger partial charge in [-0.2, -0.15) is 0 Å². The normalized spacial score (nSPS) is 17.2. The Bertz CT molecular complexity index is 960. The fraction of sp³-hybridized carbons (Fsp3) is 0.278. The van der Waals surface area contributed by atoms with Crippen LogP contribution in [0.2, 0.25) is 0 Å². The Balaban J connectivity index is 0.000000236. The van der Waals surface area contributed by atoms with Crippen molar-refractivity contribution < 1.29 is 14.3 Å². The molecule has 2 aromatic heterocycles. The van der Waals surface area contributed by atoms with Crippen LogP contribution in [-0.2, 0) is 9.53 Å². The van der Waals surface area contributed by atoms with Gasteiger partial charge in [-0.25, -0.2) is 4.79 Å². The highest BCUT2D eigenvalue weighted by molar-refractivity contribution is 9.10. The van der Waals surface area contributed by atoms with E-state index in [9.17, 15) is 14.4 Å². The third-order valence-electron chi connectivity index (χ3n) is 4.01. The maximum absolute atomic E-state index is 11.8. The number of esters is 1. The summed E-state index contributed by atoms with van der Waals surface area (Å²) in [6.45, 7) is 2.72. The Morgan fingerprint density at radius 1 is 1.31 bits per heavy atom. The van der Waals surface area contributed by atoms with E-state index in [0.717, 1.165) is 28.7 Å². The van der Waals surface area contributed by atoms with E-state index in [-0.39, 0.29) is 5.56 Å². The van der Waals surface area contributed by atoms with Gasteiger partial charge in [0.1, 0.15) is 11.3 Å². The predicted molar refractivity (Wildman–Crippen MR) is 104 cm³/mol. The summed E-state index contributed by atoms with van der Waals surface area (Å²) in [5.74, 6) is 0.113. The Kier molecular flexibility index (Phi) is 5.43. The molecule has 1 saturated heterocycles. The Labute approximate surface area is 162 Å². The van der Waals surface area contributed by atoms with Gasteiger partial charge in [-0.1, -0.05) is 0 Å². The molecular formula is C18H17BrN2O4S. The molecule has 136 valence electrons. The van der Waals surface area contributed by atoms with E-state index in [2.05, 4.69) is 20.9 Å². The molecule has 0 spiro atoms. The SMILES string of the molecule is CN1CCCC1=O.Cc1cc2c(c(=O)[nH]1)C(=O)O/C2=C\c1cc(Br)cs1. The van der Waals surface area contributed by atoms with Gasteiger partial charge in [0.2, 0.25) is 5.91 Å². The highest BCUT2D eigenvalue weighted by Gasteiger charge is 2.30. The third kappa shape index (κ3) is 3.96. The maximum Gasteiger partial charge on any atom is 0.349 e. The first-order valence-corrected chi connectivity index (χ1v) is 9.68. The lowest BCUT2D eigenvalue weighted by molar-refractivity contribution is -0.126. The van der Waals surface area contributed by atoms with Crippen molar-refractivity contribution in [3.8, 4) is 0 Å². The van der Waals surface area contributed by atoms with Crippen LogP contribution in [0.4, 0.5) is 0 Å². The number of nitrogens with one attached hydrogen (secondary N) is 1. The van der Waals surface area contributed by atoms with Gasteiger partial charge in [0.25, 0.3) is 5.56 Å². The summed E-state index contributed by atoms with van der Waals surface area (Å²) in [6, 6.07) is 3.67. The number of cyclic esters (lactones) is 1. The number of amides is 1. The summed E-state index contributed by atoms with van der Waals surface area (Å²) in [6.07, 6.45) is 3.57. The molecule has 2 aliphatic heterocycles. The molecule has 26 heavy (non-hydrogen) atoms. The number of carbonyl (C=O) groups excluding carboxylic acids is 2. The van der Waals surface area contributed by atoms with Crippen LogP contribution in [0.25, 0.3) is 11.8 Å². The largest absolute Gasteiger partial charge is 0.422 e. The number of halogens is 1. The molecule has 2 aromatic rings. The van der Waals surface area contributed by atoms with Gasteiger partial charge in [0, 0.05) is 46.0 Å². The summed E-state index contributed by atoms with van der Waals surface area (Å²) in [7, 11) is 1.84. The molecule has 1 N–H and O–H groups in total. The number of ether oxygens (including phenoxy) is 1. The van der Waals surface area contributed by atoms with Gasteiger partial charge >= 0.3 is 5.97 Å².